The first-order valence-electron chi connectivity index (χ1n) is 9.43. The summed E-state index contributed by atoms with van der Waals surface area (Å²) < 4.78 is 12.1. The number of amides is 2. The lowest BCUT2D eigenvalue weighted by Gasteiger charge is -2.26. The second kappa shape index (κ2) is 9.07. The van der Waals surface area contributed by atoms with Crippen molar-refractivity contribution in [3.8, 4) is 0 Å². The molecule has 27 heavy (non-hydrogen) atoms. The highest BCUT2D eigenvalue weighted by atomic mass is 16.6. The number of anilines is 1. The molecule has 9 heteroatoms. The third-order valence-corrected chi connectivity index (χ3v) is 4.02. The van der Waals surface area contributed by atoms with E-state index in [4.69, 9.17) is 9.47 Å². The smallest absolute Gasteiger partial charge is 0.427 e. The molecule has 0 spiro atoms. The molecule has 1 aromatic rings. The second-order valence-electron chi connectivity index (χ2n) is 7.50. The largest absolute Gasteiger partial charge is 0.443 e. The Kier molecular flexibility index (Phi) is 7.06. The maximum atomic E-state index is 12.9. The summed E-state index contributed by atoms with van der Waals surface area (Å²) in [4.78, 5) is 31.2. The fraction of sp³-hybridized carbons (Fsp3) is 0.722. The van der Waals surface area contributed by atoms with Crippen LogP contribution in [0.5, 0.6) is 0 Å². The van der Waals surface area contributed by atoms with Crippen LogP contribution in [0.2, 0.25) is 0 Å². The van der Waals surface area contributed by atoms with E-state index in [0.717, 1.165) is 12.8 Å². The van der Waals surface area contributed by atoms with Crippen LogP contribution in [0, 0.1) is 6.92 Å². The predicted octanol–water partition coefficient (Wildman–Crippen LogP) is 2.35. The quantitative estimate of drug-likeness (QED) is 0.734. The van der Waals surface area contributed by atoms with Crippen LogP contribution in [0.3, 0.4) is 0 Å². The third-order valence-electron chi connectivity index (χ3n) is 4.02. The molecule has 0 saturated carbocycles. The van der Waals surface area contributed by atoms with Gasteiger partial charge in [0, 0.05) is 19.6 Å². The number of aromatic nitrogens is 2. The molecule has 0 atom stereocenters. The van der Waals surface area contributed by atoms with Gasteiger partial charge in [-0.05, 0) is 34.1 Å². The monoisotopic (exact) mass is 381 g/mol. The highest BCUT2D eigenvalue weighted by Gasteiger charge is 2.27. The van der Waals surface area contributed by atoms with E-state index in [1.54, 1.807) is 32.6 Å². The number of rotatable bonds is 6. The Bertz CT molecular complexity index is 659. The molecule has 0 aromatic carbocycles. The average Bonchev–Trinajstić information content (AvgIpc) is 2.90. The maximum Gasteiger partial charge on any atom is 0.427 e. The number of carbonyl (C=O) groups is 2. The molecule has 152 valence electrons. The SMILES string of the molecule is CCCCNc1nc(C(=O)N2CCOCC2)c(C)n1NC(=O)OC(C)(C)C. The van der Waals surface area contributed by atoms with Gasteiger partial charge in [0.15, 0.2) is 5.69 Å². The van der Waals surface area contributed by atoms with Crippen molar-refractivity contribution in [2.24, 2.45) is 0 Å². The van der Waals surface area contributed by atoms with Gasteiger partial charge in [-0.25, -0.2) is 19.9 Å². The van der Waals surface area contributed by atoms with Crippen molar-refractivity contribution in [3.63, 3.8) is 0 Å². The summed E-state index contributed by atoms with van der Waals surface area (Å²) >= 11 is 0. The normalized spacial score (nSPS) is 14.8. The van der Waals surface area contributed by atoms with E-state index in [-0.39, 0.29) is 5.91 Å². The van der Waals surface area contributed by atoms with Gasteiger partial charge < -0.3 is 19.7 Å². The van der Waals surface area contributed by atoms with E-state index < -0.39 is 11.7 Å². The number of hydrogen-bond acceptors (Lipinski definition) is 6. The molecule has 0 unspecified atom stereocenters. The van der Waals surface area contributed by atoms with Crippen molar-refractivity contribution in [2.75, 3.05) is 43.6 Å². The topological polar surface area (TPSA) is 97.7 Å². The number of carbonyl (C=O) groups excluding carboxylic acids is 2. The number of nitrogens with zero attached hydrogens (tertiary/aromatic N) is 3. The van der Waals surface area contributed by atoms with E-state index in [9.17, 15) is 9.59 Å². The van der Waals surface area contributed by atoms with E-state index in [2.05, 4.69) is 22.7 Å². The summed E-state index contributed by atoms with van der Waals surface area (Å²) in [6, 6.07) is 0. The average molecular weight is 381 g/mol. The fourth-order valence-electron chi connectivity index (χ4n) is 2.64. The molecule has 0 bridgehead atoms. The summed E-state index contributed by atoms with van der Waals surface area (Å²) in [5, 5.41) is 3.19. The van der Waals surface area contributed by atoms with E-state index in [1.807, 2.05) is 0 Å². The minimum atomic E-state index is -0.624. The Balaban J connectivity index is 2.24. The van der Waals surface area contributed by atoms with Gasteiger partial charge in [-0.2, -0.15) is 0 Å². The Morgan fingerprint density at radius 1 is 1.26 bits per heavy atom. The van der Waals surface area contributed by atoms with Crippen molar-refractivity contribution in [2.45, 2.75) is 53.1 Å². The number of hydrogen-bond donors (Lipinski definition) is 2. The van der Waals surface area contributed by atoms with Gasteiger partial charge in [0.05, 0.1) is 18.9 Å². The molecule has 9 nitrogen and oxygen atoms in total. The van der Waals surface area contributed by atoms with Crippen molar-refractivity contribution in [3.05, 3.63) is 11.4 Å². The van der Waals surface area contributed by atoms with Crippen LogP contribution in [-0.4, -0.2) is 65.0 Å². The highest BCUT2D eigenvalue weighted by molar-refractivity contribution is 5.94. The minimum Gasteiger partial charge on any atom is -0.443 e. The summed E-state index contributed by atoms with van der Waals surface area (Å²) in [7, 11) is 0. The summed E-state index contributed by atoms with van der Waals surface area (Å²) in [6.07, 6.45) is 1.36. The zero-order valence-electron chi connectivity index (χ0n) is 16.9. The third kappa shape index (κ3) is 5.85. The lowest BCUT2D eigenvalue weighted by molar-refractivity contribution is 0.0298. The molecular formula is C18H31N5O4. The molecule has 2 N–H and O–H groups in total. The van der Waals surface area contributed by atoms with Gasteiger partial charge in [-0.1, -0.05) is 13.3 Å². The zero-order chi connectivity index (χ0) is 20.0. The molecule has 2 amide bonds. The van der Waals surface area contributed by atoms with Crippen molar-refractivity contribution in [1.29, 1.82) is 0 Å². The molecule has 1 fully saturated rings. The molecule has 1 aliphatic rings. The van der Waals surface area contributed by atoms with Crippen molar-refractivity contribution in [1.82, 2.24) is 14.6 Å². The van der Waals surface area contributed by atoms with Gasteiger partial charge in [-0.15, -0.1) is 0 Å². The molecular weight excluding hydrogens is 350 g/mol. The first kappa shape index (κ1) is 21.0. The molecule has 2 heterocycles. The molecule has 2 rings (SSSR count). The van der Waals surface area contributed by atoms with Crippen LogP contribution in [0.25, 0.3) is 0 Å². The number of ether oxygens (including phenoxy) is 2. The Morgan fingerprint density at radius 2 is 1.93 bits per heavy atom. The van der Waals surface area contributed by atoms with Crippen LogP contribution >= 0.6 is 0 Å². The van der Waals surface area contributed by atoms with Crippen LogP contribution in [0.4, 0.5) is 10.7 Å². The molecule has 0 radical (unpaired) electrons. The van der Waals surface area contributed by atoms with Gasteiger partial charge >= 0.3 is 6.09 Å². The summed E-state index contributed by atoms with van der Waals surface area (Å²) in [6.45, 7) is 12.0. The number of imidazole rings is 1. The van der Waals surface area contributed by atoms with E-state index >= 15 is 0 Å². The van der Waals surface area contributed by atoms with Crippen LogP contribution in [-0.2, 0) is 9.47 Å². The van der Waals surface area contributed by atoms with Crippen LogP contribution in [0.15, 0.2) is 0 Å². The maximum absolute atomic E-state index is 12.9. The Hall–Kier alpha value is -2.29. The Morgan fingerprint density at radius 3 is 2.52 bits per heavy atom. The molecule has 1 aliphatic heterocycles. The molecule has 0 aliphatic carbocycles. The lowest BCUT2D eigenvalue weighted by Crippen LogP contribution is -2.41. The highest BCUT2D eigenvalue weighted by Crippen LogP contribution is 2.18. The van der Waals surface area contributed by atoms with Crippen molar-refractivity contribution < 1.29 is 19.1 Å². The number of nitrogens with one attached hydrogen (secondary N) is 2. The van der Waals surface area contributed by atoms with Gasteiger partial charge in [-0.3, -0.25) is 4.79 Å². The zero-order valence-corrected chi connectivity index (χ0v) is 16.9. The van der Waals surface area contributed by atoms with E-state index in [1.165, 1.54) is 4.68 Å². The van der Waals surface area contributed by atoms with Crippen LogP contribution < -0.4 is 10.7 Å². The lowest BCUT2D eigenvalue weighted by atomic mass is 10.2. The fourth-order valence-corrected chi connectivity index (χ4v) is 2.64. The Labute approximate surface area is 160 Å². The standard InChI is InChI=1S/C18H31N5O4/c1-6-7-8-19-16-20-14(15(24)22-9-11-26-12-10-22)13(2)23(16)21-17(25)27-18(3,4)5/h6-12H2,1-5H3,(H,19,20)(H,21,25). The first-order chi connectivity index (χ1) is 12.7. The van der Waals surface area contributed by atoms with E-state index in [0.29, 0.717) is 50.2 Å². The first-order valence-corrected chi connectivity index (χ1v) is 9.43. The summed E-state index contributed by atoms with van der Waals surface area (Å²) in [5.74, 6) is 0.252. The number of unbranched alkanes of at least 4 members (excludes halogenated alkanes) is 1. The van der Waals surface area contributed by atoms with Gasteiger partial charge in [0.2, 0.25) is 5.95 Å². The van der Waals surface area contributed by atoms with Gasteiger partial charge in [0.25, 0.3) is 5.91 Å². The van der Waals surface area contributed by atoms with Crippen LogP contribution in [0.1, 0.15) is 56.7 Å². The predicted molar refractivity (Wildman–Crippen MR) is 103 cm³/mol. The minimum absolute atomic E-state index is 0.168. The van der Waals surface area contributed by atoms with Crippen molar-refractivity contribution >= 4 is 17.9 Å². The number of morpholine rings is 1. The van der Waals surface area contributed by atoms with Gasteiger partial charge in [0.1, 0.15) is 5.60 Å². The summed E-state index contributed by atoms with van der Waals surface area (Å²) in [5.41, 5.74) is 2.92. The molecule has 1 aromatic heterocycles. The second-order valence-corrected chi connectivity index (χ2v) is 7.50. The molecule has 1 saturated heterocycles.